The van der Waals surface area contributed by atoms with Gasteiger partial charge in [0.2, 0.25) is 0 Å². The Labute approximate surface area is 107 Å². The second kappa shape index (κ2) is 5.30. The first-order valence-corrected chi connectivity index (χ1v) is 7.20. The number of rotatable bonds is 4. The summed E-state index contributed by atoms with van der Waals surface area (Å²) in [6.45, 7) is -0.674. The highest BCUT2D eigenvalue weighted by Gasteiger charge is 2.15. The molecule has 0 saturated heterocycles. The minimum Gasteiger partial charge on any atom is -0.392 e. The van der Waals surface area contributed by atoms with Gasteiger partial charge in [-0.15, -0.1) is 0 Å². The molecule has 0 amide bonds. The predicted octanol–water partition coefficient (Wildman–Crippen LogP) is 0.614. The lowest BCUT2D eigenvalue weighted by molar-refractivity contribution is 0.256. The van der Waals surface area contributed by atoms with Crippen LogP contribution >= 0.6 is 22.6 Å². The minimum absolute atomic E-state index is 0.0504. The van der Waals surface area contributed by atoms with Crippen LogP contribution in [0.25, 0.3) is 0 Å². The molecule has 0 fully saturated rings. The van der Waals surface area contributed by atoms with Crippen molar-refractivity contribution in [1.29, 1.82) is 0 Å². The first kappa shape index (κ1) is 13.7. The highest BCUT2D eigenvalue weighted by molar-refractivity contribution is 14.1. The molecule has 0 heterocycles. The van der Waals surface area contributed by atoms with E-state index in [1.165, 1.54) is 6.07 Å². The third kappa shape index (κ3) is 3.30. The predicted molar refractivity (Wildman–Crippen MR) is 66.5 cm³/mol. The molecule has 0 aromatic heterocycles. The fourth-order valence-electron chi connectivity index (χ4n) is 1.23. The Hall–Kier alpha value is -0.380. The van der Waals surface area contributed by atoms with E-state index in [2.05, 4.69) is 0 Å². The zero-order valence-electron chi connectivity index (χ0n) is 8.47. The molecule has 7 heteroatoms. The molecule has 1 aromatic rings. The van der Waals surface area contributed by atoms with Crippen molar-refractivity contribution in [2.75, 3.05) is 6.26 Å². The molecule has 1 rings (SSSR count). The monoisotopic (exact) mass is 358 g/mol. The van der Waals surface area contributed by atoms with Crippen molar-refractivity contribution in [3.8, 4) is 5.75 Å². The average molecular weight is 358 g/mol. The standard InChI is InChI=1S/C9H11IO5S/c1-16(13,14)15-9-3-2-8(10)6(4-11)7(9)5-12/h2-3,11-12H,4-5H2,1H3. The van der Waals surface area contributed by atoms with Crippen molar-refractivity contribution in [2.24, 2.45) is 0 Å². The van der Waals surface area contributed by atoms with E-state index in [-0.39, 0.29) is 12.4 Å². The SMILES string of the molecule is CS(=O)(=O)Oc1ccc(I)c(CO)c1CO. The quantitative estimate of drug-likeness (QED) is 0.609. The lowest BCUT2D eigenvalue weighted by Crippen LogP contribution is -2.09. The van der Waals surface area contributed by atoms with Gasteiger partial charge in [0.05, 0.1) is 19.5 Å². The number of aliphatic hydroxyl groups is 2. The molecule has 0 aliphatic heterocycles. The van der Waals surface area contributed by atoms with Crippen molar-refractivity contribution in [2.45, 2.75) is 13.2 Å². The highest BCUT2D eigenvalue weighted by atomic mass is 127. The molecular weight excluding hydrogens is 347 g/mol. The van der Waals surface area contributed by atoms with Crippen LogP contribution in [0.1, 0.15) is 11.1 Å². The molecule has 0 atom stereocenters. The van der Waals surface area contributed by atoms with E-state index < -0.39 is 16.7 Å². The maximum Gasteiger partial charge on any atom is 0.306 e. The molecule has 0 radical (unpaired) electrons. The number of aliphatic hydroxyl groups excluding tert-OH is 2. The van der Waals surface area contributed by atoms with Gasteiger partial charge in [-0.25, -0.2) is 0 Å². The summed E-state index contributed by atoms with van der Waals surface area (Å²) in [4.78, 5) is 0. The van der Waals surface area contributed by atoms with Gasteiger partial charge in [0.15, 0.2) is 0 Å². The van der Waals surface area contributed by atoms with Gasteiger partial charge in [0, 0.05) is 14.7 Å². The van der Waals surface area contributed by atoms with Crippen LogP contribution in [0, 0.1) is 3.57 Å². The summed E-state index contributed by atoms with van der Waals surface area (Å²) in [5, 5.41) is 18.3. The van der Waals surface area contributed by atoms with Gasteiger partial charge in [-0.05, 0) is 34.7 Å². The topological polar surface area (TPSA) is 83.8 Å². The van der Waals surface area contributed by atoms with Gasteiger partial charge in [0.1, 0.15) is 5.75 Å². The fourth-order valence-corrected chi connectivity index (χ4v) is 2.39. The molecule has 0 unspecified atom stereocenters. The molecule has 0 bridgehead atoms. The minimum atomic E-state index is -3.64. The van der Waals surface area contributed by atoms with Crippen LogP contribution < -0.4 is 4.18 Å². The van der Waals surface area contributed by atoms with Crippen LogP contribution in [0.15, 0.2) is 12.1 Å². The number of hydrogen-bond donors (Lipinski definition) is 2. The Bertz CT molecular complexity index is 483. The zero-order chi connectivity index (χ0) is 12.3. The summed E-state index contributed by atoms with van der Waals surface area (Å²) in [7, 11) is -3.64. The van der Waals surface area contributed by atoms with Crippen LogP contribution in [0.4, 0.5) is 0 Å². The van der Waals surface area contributed by atoms with Gasteiger partial charge < -0.3 is 14.4 Å². The van der Waals surface area contributed by atoms with E-state index in [1.807, 2.05) is 22.6 Å². The number of benzene rings is 1. The maximum atomic E-state index is 11.0. The smallest absolute Gasteiger partial charge is 0.306 e. The van der Waals surface area contributed by atoms with Crippen LogP contribution in [-0.2, 0) is 23.3 Å². The van der Waals surface area contributed by atoms with Gasteiger partial charge in [0.25, 0.3) is 0 Å². The molecule has 0 saturated carbocycles. The fraction of sp³-hybridized carbons (Fsp3) is 0.333. The van der Waals surface area contributed by atoms with E-state index in [0.717, 1.165) is 9.83 Å². The Kier molecular flexibility index (Phi) is 4.53. The van der Waals surface area contributed by atoms with E-state index >= 15 is 0 Å². The molecule has 90 valence electrons. The molecule has 0 aliphatic carbocycles. The maximum absolute atomic E-state index is 11.0. The Morgan fingerprint density at radius 2 is 1.81 bits per heavy atom. The van der Waals surface area contributed by atoms with Crippen LogP contribution in [-0.4, -0.2) is 24.9 Å². The zero-order valence-corrected chi connectivity index (χ0v) is 11.4. The third-order valence-corrected chi connectivity index (χ3v) is 3.38. The summed E-state index contributed by atoms with van der Waals surface area (Å²) < 4.78 is 27.4. The van der Waals surface area contributed by atoms with Crippen LogP contribution in [0.3, 0.4) is 0 Å². The number of halogens is 1. The second-order valence-corrected chi connectivity index (χ2v) is 5.84. The Morgan fingerprint density at radius 1 is 1.25 bits per heavy atom. The van der Waals surface area contributed by atoms with Crippen molar-refractivity contribution < 1.29 is 22.8 Å². The molecular formula is C9H11IO5S. The van der Waals surface area contributed by atoms with Crippen molar-refractivity contribution in [3.05, 3.63) is 26.8 Å². The molecule has 16 heavy (non-hydrogen) atoms. The van der Waals surface area contributed by atoms with Gasteiger partial charge >= 0.3 is 10.1 Å². The largest absolute Gasteiger partial charge is 0.392 e. The first-order chi connectivity index (χ1) is 7.39. The first-order valence-electron chi connectivity index (χ1n) is 4.30. The molecule has 5 nitrogen and oxygen atoms in total. The molecule has 2 N–H and O–H groups in total. The van der Waals surface area contributed by atoms with Crippen molar-refractivity contribution >= 4 is 32.7 Å². The van der Waals surface area contributed by atoms with Crippen molar-refractivity contribution in [1.82, 2.24) is 0 Å². The summed E-state index contributed by atoms with van der Waals surface area (Å²) in [6.07, 6.45) is 0.921. The molecule has 0 spiro atoms. The van der Waals surface area contributed by atoms with Gasteiger partial charge in [-0.1, -0.05) is 0 Å². The summed E-state index contributed by atoms with van der Waals surface area (Å²) in [5.41, 5.74) is 0.768. The summed E-state index contributed by atoms with van der Waals surface area (Å²) in [6, 6.07) is 3.07. The van der Waals surface area contributed by atoms with Crippen molar-refractivity contribution in [3.63, 3.8) is 0 Å². The van der Waals surface area contributed by atoms with E-state index in [0.29, 0.717) is 11.1 Å². The molecule has 1 aromatic carbocycles. The van der Waals surface area contributed by atoms with Crippen LogP contribution in [0.2, 0.25) is 0 Å². The second-order valence-electron chi connectivity index (χ2n) is 3.11. The highest BCUT2D eigenvalue weighted by Crippen LogP contribution is 2.27. The number of hydrogen-bond acceptors (Lipinski definition) is 5. The van der Waals surface area contributed by atoms with Gasteiger partial charge in [-0.2, -0.15) is 8.42 Å². The van der Waals surface area contributed by atoms with E-state index in [9.17, 15) is 8.42 Å². The lowest BCUT2D eigenvalue weighted by Gasteiger charge is -2.12. The van der Waals surface area contributed by atoms with E-state index in [1.54, 1.807) is 6.07 Å². The van der Waals surface area contributed by atoms with Crippen LogP contribution in [0.5, 0.6) is 5.75 Å². The molecule has 0 aliphatic rings. The van der Waals surface area contributed by atoms with E-state index in [4.69, 9.17) is 14.4 Å². The lowest BCUT2D eigenvalue weighted by atomic mass is 10.1. The third-order valence-electron chi connectivity index (χ3n) is 1.89. The normalized spacial score (nSPS) is 11.5. The Morgan fingerprint density at radius 3 is 2.25 bits per heavy atom. The average Bonchev–Trinajstić information content (AvgIpc) is 2.18. The summed E-state index contributed by atoms with van der Waals surface area (Å²) >= 11 is 1.99. The summed E-state index contributed by atoms with van der Waals surface area (Å²) in [5.74, 6) is 0.0504. The van der Waals surface area contributed by atoms with Gasteiger partial charge in [-0.3, -0.25) is 0 Å². The Balaban J connectivity index is 3.30.